The summed E-state index contributed by atoms with van der Waals surface area (Å²) in [4.78, 5) is 12.5. The number of ketones is 1. The Hall–Kier alpha value is -2.62. The van der Waals surface area contributed by atoms with Crippen molar-refractivity contribution in [1.82, 2.24) is 0 Å². The first kappa shape index (κ1) is 15.3. The Morgan fingerprint density at radius 2 is 1.83 bits per heavy atom. The highest BCUT2D eigenvalue weighted by Gasteiger charge is 2.18. The van der Waals surface area contributed by atoms with Gasteiger partial charge >= 0.3 is 0 Å². The summed E-state index contributed by atoms with van der Waals surface area (Å²) in [5.41, 5.74) is 4.33. The molecule has 0 saturated heterocycles. The first-order valence-electron chi connectivity index (χ1n) is 7.49. The van der Waals surface area contributed by atoms with E-state index in [4.69, 9.17) is 4.42 Å². The Kier molecular flexibility index (Phi) is 3.90. The second-order valence-corrected chi connectivity index (χ2v) is 5.74. The van der Waals surface area contributed by atoms with Gasteiger partial charge in [0.1, 0.15) is 11.4 Å². The maximum atomic E-state index is 13.3. The van der Waals surface area contributed by atoms with E-state index in [-0.39, 0.29) is 23.9 Å². The Labute approximate surface area is 134 Å². The second-order valence-electron chi connectivity index (χ2n) is 5.74. The first-order valence-corrected chi connectivity index (χ1v) is 7.49. The molecular weight excluding hydrogens is 293 g/mol. The minimum absolute atomic E-state index is 0.134. The molecule has 3 rings (SSSR count). The SMILES string of the molecule is Cc1cccc(C)c1NCC(=O)c1oc2ccc(F)cc2c1C. The number of halogens is 1. The molecular formula is C19H18FNO2. The quantitative estimate of drug-likeness (QED) is 0.704. The molecule has 2 aromatic carbocycles. The molecule has 1 aromatic heterocycles. The van der Waals surface area contributed by atoms with Crippen molar-refractivity contribution in [2.45, 2.75) is 20.8 Å². The Morgan fingerprint density at radius 3 is 2.52 bits per heavy atom. The average molecular weight is 311 g/mol. The molecule has 3 aromatic rings. The van der Waals surface area contributed by atoms with Crippen LogP contribution in [0.5, 0.6) is 0 Å². The number of carbonyl (C=O) groups is 1. The summed E-state index contributed by atoms with van der Waals surface area (Å²) in [6.07, 6.45) is 0. The molecule has 23 heavy (non-hydrogen) atoms. The number of Topliss-reactive ketones (excluding diaryl/α,β-unsaturated/α-hetero) is 1. The maximum absolute atomic E-state index is 13.3. The van der Waals surface area contributed by atoms with Gasteiger partial charge in [-0.05, 0) is 50.1 Å². The Bertz CT molecular complexity index is 876. The zero-order valence-corrected chi connectivity index (χ0v) is 13.4. The number of rotatable bonds is 4. The number of carbonyl (C=O) groups excluding carboxylic acids is 1. The average Bonchev–Trinajstić information content (AvgIpc) is 2.83. The van der Waals surface area contributed by atoms with Crippen LogP contribution >= 0.6 is 0 Å². The van der Waals surface area contributed by atoms with E-state index in [2.05, 4.69) is 5.32 Å². The summed E-state index contributed by atoms with van der Waals surface area (Å²) in [6.45, 7) is 5.90. The monoisotopic (exact) mass is 311 g/mol. The standard InChI is InChI=1S/C19H18FNO2/c1-11-5-4-6-12(2)18(11)21-10-16(22)19-13(3)15-9-14(20)7-8-17(15)23-19/h4-9,21H,10H2,1-3H3. The first-order chi connectivity index (χ1) is 11.0. The van der Waals surface area contributed by atoms with Crippen LogP contribution in [0.3, 0.4) is 0 Å². The van der Waals surface area contributed by atoms with Gasteiger partial charge in [-0.3, -0.25) is 4.79 Å². The van der Waals surface area contributed by atoms with E-state index in [9.17, 15) is 9.18 Å². The van der Waals surface area contributed by atoms with Crippen molar-refractivity contribution < 1.29 is 13.6 Å². The van der Waals surface area contributed by atoms with Crippen LogP contribution < -0.4 is 5.32 Å². The lowest BCUT2D eigenvalue weighted by Gasteiger charge is -2.11. The molecule has 0 saturated carbocycles. The molecule has 1 N–H and O–H groups in total. The second kappa shape index (κ2) is 5.88. The van der Waals surface area contributed by atoms with Crippen LogP contribution in [0.2, 0.25) is 0 Å². The van der Waals surface area contributed by atoms with Crippen LogP contribution in [0.25, 0.3) is 11.0 Å². The molecule has 0 amide bonds. The molecule has 0 bridgehead atoms. The van der Waals surface area contributed by atoms with Crippen LogP contribution in [0, 0.1) is 26.6 Å². The van der Waals surface area contributed by atoms with E-state index in [0.29, 0.717) is 16.5 Å². The van der Waals surface area contributed by atoms with E-state index in [1.165, 1.54) is 12.1 Å². The van der Waals surface area contributed by atoms with Crippen molar-refractivity contribution in [2.75, 3.05) is 11.9 Å². The number of para-hydroxylation sites is 1. The Morgan fingerprint density at radius 1 is 1.13 bits per heavy atom. The number of aryl methyl sites for hydroxylation is 3. The number of hydrogen-bond donors (Lipinski definition) is 1. The van der Waals surface area contributed by atoms with Crippen molar-refractivity contribution in [1.29, 1.82) is 0 Å². The van der Waals surface area contributed by atoms with E-state index >= 15 is 0 Å². The lowest BCUT2D eigenvalue weighted by molar-refractivity contribution is 0.0981. The van der Waals surface area contributed by atoms with E-state index in [0.717, 1.165) is 16.8 Å². The van der Waals surface area contributed by atoms with Crippen molar-refractivity contribution in [3.63, 3.8) is 0 Å². The largest absolute Gasteiger partial charge is 0.453 e. The van der Waals surface area contributed by atoms with Crippen molar-refractivity contribution in [2.24, 2.45) is 0 Å². The van der Waals surface area contributed by atoms with Crippen LogP contribution in [-0.4, -0.2) is 12.3 Å². The van der Waals surface area contributed by atoms with Gasteiger partial charge in [-0.25, -0.2) is 4.39 Å². The lowest BCUT2D eigenvalue weighted by Crippen LogP contribution is -2.15. The minimum atomic E-state index is -0.339. The third-order valence-electron chi connectivity index (χ3n) is 4.06. The van der Waals surface area contributed by atoms with Crippen molar-refractivity contribution in [3.05, 3.63) is 64.7 Å². The topological polar surface area (TPSA) is 42.2 Å². The summed E-state index contributed by atoms with van der Waals surface area (Å²) in [6, 6.07) is 10.2. The summed E-state index contributed by atoms with van der Waals surface area (Å²) in [5.74, 6) is -0.208. The van der Waals surface area contributed by atoms with E-state index < -0.39 is 0 Å². The highest BCUT2D eigenvalue weighted by atomic mass is 19.1. The predicted molar refractivity (Wildman–Crippen MR) is 89.6 cm³/mol. The van der Waals surface area contributed by atoms with Gasteiger partial charge in [0.2, 0.25) is 5.78 Å². The highest BCUT2D eigenvalue weighted by Crippen LogP contribution is 2.26. The zero-order valence-electron chi connectivity index (χ0n) is 13.4. The number of hydrogen-bond acceptors (Lipinski definition) is 3. The fourth-order valence-electron chi connectivity index (χ4n) is 2.80. The fraction of sp³-hybridized carbons (Fsp3) is 0.211. The van der Waals surface area contributed by atoms with Gasteiger partial charge in [-0.1, -0.05) is 18.2 Å². The molecule has 0 aliphatic heterocycles. The number of furan rings is 1. The predicted octanol–water partition coefficient (Wildman–Crippen LogP) is 4.79. The molecule has 0 unspecified atom stereocenters. The smallest absolute Gasteiger partial charge is 0.217 e. The number of nitrogens with one attached hydrogen (secondary N) is 1. The van der Waals surface area contributed by atoms with Gasteiger partial charge in [-0.2, -0.15) is 0 Å². The van der Waals surface area contributed by atoms with E-state index in [1.807, 2.05) is 32.0 Å². The minimum Gasteiger partial charge on any atom is -0.453 e. The number of fused-ring (bicyclic) bond motifs is 1. The van der Waals surface area contributed by atoms with Gasteiger partial charge in [-0.15, -0.1) is 0 Å². The molecule has 0 spiro atoms. The molecule has 3 nitrogen and oxygen atoms in total. The van der Waals surface area contributed by atoms with Crippen molar-refractivity contribution >= 4 is 22.4 Å². The van der Waals surface area contributed by atoms with Gasteiger partial charge in [0, 0.05) is 16.6 Å². The van der Waals surface area contributed by atoms with Gasteiger partial charge < -0.3 is 9.73 Å². The number of anilines is 1. The maximum Gasteiger partial charge on any atom is 0.217 e. The molecule has 0 fully saturated rings. The zero-order chi connectivity index (χ0) is 16.6. The van der Waals surface area contributed by atoms with Crippen molar-refractivity contribution in [3.8, 4) is 0 Å². The highest BCUT2D eigenvalue weighted by molar-refractivity contribution is 6.02. The van der Waals surface area contributed by atoms with Gasteiger partial charge in [0.25, 0.3) is 0 Å². The third-order valence-corrected chi connectivity index (χ3v) is 4.06. The molecule has 0 aliphatic carbocycles. The molecule has 118 valence electrons. The van der Waals surface area contributed by atoms with Crippen LogP contribution in [0.1, 0.15) is 27.2 Å². The van der Waals surface area contributed by atoms with Crippen LogP contribution in [0.15, 0.2) is 40.8 Å². The third kappa shape index (κ3) is 2.84. The van der Waals surface area contributed by atoms with E-state index in [1.54, 1.807) is 13.0 Å². The molecule has 0 radical (unpaired) electrons. The van der Waals surface area contributed by atoms with Gasteiger partial charge in [0.05, 0.1) is 6.54 Å². The van der Waals surface area contributed by atoms with Crippen LogP contribution in [0.4, 0.5) is 10.1 Å². The summed E-state index contributed by atoms with van der Waals surface area (Å²) >= 11 is 0. The normalized spacial score (nSPS) is 11.0. The summed E-state index contributed by atoms with van der Waals surface area (Å²) in [5, 5.41) is 3.82. The lowest BCUT2D eigenvalue weighted by atomic mass is 10.1. The Balaban J connectivity index is 1.85. The molecule has 4 heteroatoms. The van der Waals surface area contributed by atoms with Gasteiger partial charge in [0.15, 0.2) is 5.76 Å². The summed E-state index contributed by atoms with van der Waals surface area (Å²) in [7, 11) is 0. The van der Waals surface area contributed by atoms with Crippen LogP contribution in [-0.2, 0) is 0 Å². The molecule has 0 aliphatic rings. The fourth-order valence-corrected chi connectivity index (χ4v) is 2.80. The molecule has 1 heterocycles. The number of benzene rings is 2. The molecule has 0 atom stereocenters. The summed E-state index contributed by atoms with van der Waals surface area (Å²) < 4.78 is 19.0.